The third-order valence-corrected chi connectivity index (χ3v) is 3.77. The first kappa shape index (κ1) is 12.7. The molecule has 0 aliphatic carbocycles. The minimum atomic E-state index is 0.567. The molecule has 3 nitrogen and oxygen atoms in total. The van der Waals surface area contributed by atoms with Gasteiger partial charge in [-0.3, -0.25) is 5.01 Å². The second kappa shape index (κ2) is 5.71. The maximum Gasteiger partial charge on any atom is 0.0964 e. The molecule has 0 bridgehead atoms. The van der Waals surface area contributed by atoms with Crippen LogP contribution in [0.1, 0.15) is 5.56 Å². The zero-order valence-corrected chi connectivity index (χ0v) is 11.3. The Morgan fingerprint density at radius 1 is 1.29 bits per heavy atom. The molecule has 0 spiro atoms. The molecule has 0 amide bonds. The summed E-state index contributed by atoms with van der Waals surface area (Å²) in [6.45, 7) is 4.22. The molecule has 1 saturated heterocycles. The molecule has 1 aliphatic rings. The van der Waals surface area contributed by atoms with E-state index in [2.05, 4.69) is 17.2 Å². The second-order valence-electron chi connectivity index (χ2n) is 4.30. The fraction of sp³-hybridized carbons (Fsp3) is 0.417. The number of hydrogen-bond donors (Lipinski definition) is 1. The zero-order chi connectivity index (χ0) is 12.3. The van der Waals surface area contributed by atoms with E-state index in [-0.39, 0.29) is 0 Å². The highest BCUT2D eigenvalue weighted by Crippen LogP contribution is 2.24. The van der Waals surface area contributed by atoms with E-state index in [1.165, 1.54) is 0 Å². The second-order valence-corrected chi connectivity index (χ2v) is 5.08. The number of halogens is 2. The van der Waals surface area contributed by atoms with Crippen molar-refractivity contribution in [1.29, 1.82) is 0 Å². The molecule has 5 heteroatoms. The first-order valence-electron chi connectivity index (χ1n) is 5.71. The lowest BCUT2D eigenvalue weighted by Crippen LogP contribution is -3.11. The summed E-state index contributed by atoms with van der Waals surface area (Å²) in [6.07, 6.45) is 1.79. The lowest BCUT2D eigenvalue weighted by molar-refractivity contribution is -0.884. The third kappa shape index (κ3) is 3.35. The Bertz CT molecular complexity index is 412. The number of benzene rings is 1. The number of likely N-dealkylation sites (N-methyl/N-ethyl adjacent to an activating group) is 1. The highest BCUT2D eigenvalue weighted by molar-refractivity contribution is 6.43. The van der Waals surface area contributed by atoms with E-state index in [1.807, 2.05) is 12.1 Å². The number of hydrazone groups is 1. The summed E-state index contributed by atoms with van der Waals surface area (Å²) in [5.41, 5.74) is 0.866. The number of rotatable bonds is 2. The smallest absolute Gasteiger partial charge is 0.0964 e. The minimum absolute atomic E-state index is 0.567. The number of quaternary nitrogens is 1. The number of hydrogen-bond acceptors (Lipinski definition) is 2. The third-order valence-electron chi connectivity index (χ3n) is 2.93. The standard InChI is InChI=1S/C12H15Cl2N3/c1-16-5-7-17(8-6-16)15-9-10-3-2-4-11(13)12(10)14/h2-4,9H,5-8H2,1H3/p+1/b15-9-. The summed E-state index contributed by atoms with van der Waals surface area (Å²) in [4.78, 5) is 1.55. The predicted molar refractivity (Wildman–Crippen MR) is 72.2 cm³/mol. The van der Waals surface area contributed by atoms with Crippen LogP contribution in [0.2, 0.25) is 10.0 Å². The van der Waals surface area contributed by atoms with Crippen LogP contribution in [0.5, 0.6) is 0 Å². The van der Waals surface area contributed by atoms with Crippen molar-refractivity contribution in [1.82, 2.24) is 5.01 Å². The van der Waals surface area contributed by atoms with Crippen molar-refractivity contribution in [3.8, 4) is 0 Å². The topological polar surface area (TPSA) is 20.0 Å². The van der Waals surface area contributed by atoms with E-state index in [4.69, 9.17) is 23.2 Å². The Morgan fingerprint density at radius 2 is 2.00 bits per heavy atom. The van der Waals surface area contributed by atoms with Gasteiger partial charge in [0.2, 0.25) is 0 Å². The van der Waals surface area contributed by atoms with Crippen molar-refractivity contribution in [3.63, 3.8) is 0 Å². The van der Waals surface area contributed by atoms with Gasteiger partial charge in [-0.25, -0.2) is 0 Å². The molecule has 1 heterocycles. The van der Waals surface area contributed by atoms with E-state index in [1.54, 1.807) is 17.2 Å². The Hall–Kier alpha value is -0.770. The van der Waals surface area contributed by atoms with Crippen molar-refractivity contribution < 1.29 is 4.90 Å². The van der Waals surface area contributed by atoms with Gasteiger partial charge in [-0.15, -0.1) is 0 Å². The van der Waals surface area contributed by atoms with Crippen LogP contribution in [-0.4, -0.2) is 44.5 Å². The van der Waals surface area contributed by atoms with Crippen molar-refractivity contribution in [2.24, 2.45) is 5.10 Å². The van der Waals surface area contributed by atoms with Gasteiger partial charge in [0.15, 0.2) is 0 Å². The maximum atomic E-state index is 6.09. The molecule has 2 rings (SSSR count). The molecule has 1 aromatic carbocycles. The van der Waals surface area contributed by atoms with Crippen LogP contribution >= 0.6 is 23.2 Å². The van der Waals surface area contributed by atoms with Gasteiger partial charge in [0, 0.05) is 5.56 Å². The molecule has 1 aliphatic heterocycles. The molecule has 0 unspecified atom stereocenters. The molecule has 0 atom stereocenters. The van der Waals surface area contributed by atoms with Gasteiger partial charge >= 0.3 is 0 Å². The summed E-state index contributed by atoms with van der Waals surface area (Å²) in [5, 5.41) is 7.65. The number of piperazine rings is 1. The van der Waals surface area contributed by atoms with Gasteiger partial charge in [-0.05, 0) is 6.07 Å². The van der Waals surface area contributed by atoms with E-state index < -0.39 is 0 Å². The van der Waals surface area contributed by atoms with E-state index >= 15 is 0 Å². The SMILES string of the molecule is C[NH+]1CCN(/N=C\c2cccc(Cl)c2Cl)CC1. The van der Waals surface area contributed by atoms with Crippen molar-refractivity contribution in [2.45, 2.75) is 0 Å². The molecule has 0 aromatic heterocycles. The van der Waals surface area contributed by atoms with E-state index in [0.29, 0.717) is 10.0 Å². The highest BCUT2D eigenvalue weighted by Gasteiger charge is 2.14. The van der Waals surface area contributed by atoms with E-state index in [0.717, 1.165) is 31.7 Å². The molecule has 1 fully saturated rings. The van der Waals surface area contributed by atoms with Gasteiger partial charge in [0.25, 0.3) is 0 Å². The summed E-state index contributed by atoms with van der Waals surface area (Å²) in [6, 6.07) is 5.57. The van der Waals surface area contributed by atoms with E-state index in [9.17, 15) is 0 Å². The average molecular weight is 273 g/mol. The number of nitrogens with one attached hydrogen (secondary N) is 1. The van der Waals surface area contributed by atoms with Gasteiger partial charge in [-0.1, -0.05) is 35.3 Å². The van der Waals surface area contributed by atoms with Crippen molar-refractivity contribution in [2.75, 3.05) is 33.2 Å². The molecule has 0 radical (unpaired) electrons. The molecule has 0 saturated carbocycles. The molecule has 92 valence electrons. The molecule has 17 heavy (non-hydrogen) atoms. The first-order chi connectivity index (χ1) is 8.16. The summed E-state index contributed by atoms with van der Waals surface area (Å²) in [5.74, 6) is 0. The summed E-state index contributed by atoms with van der Waals surface area (Å²) in [7, 11) is 2.20. The lowest BCUT2D eigenvalue weighted by Gasteiger charge is -2.27. The minimum Gasteiger partial charge on any atom is -0.334 e. The molecular weight excluding hydrogens is 257 g/mol. The molecular formula is C12H16Cl2N3+. The Balaban J connectivity index is 2.03. The van der Waals surface area contributed by atoms with Crippen LogP contribution in [0.25, 0.3) is 0 Å². The fourth-order valence-corrected chi connectivity index (χ4v) is 2.11. The van der Waals surface area contributed by atoms with Gasteiger partial charge < -0.3 is 4.90 Å². The Morgan fingerprint density at radius 3 is 2.71 bits per heavy atom. The fourth-order valence-electron chi connectivity index (χ4n) is 1.76. The lowest BCUT2D eigenvalue weighted by atomic mass is 10.2. The molecule has 1 aromatic rings. The largest absolute Gasteiger partial charge is 0.334 e. The Labute approximate surface area is 112 Å². The summed E-state index contributed by atoms with van der Waals surface area (Å²) < 4.78 is 0. The van der Waals surface area contributed by atoms with Gasteiger partial charge in [-0.2, -0.15) is 5.10 Å². The zero-order valence-electron chi connectivity index (χ0n) is 9.79. The van der Waals surface area contributed by atoms with Crippen LogP contribution in [0.15, 0.2) is 23.3 Å². The van der Waals surface area contributed by atoms with Crippen LogP contribution in [0.3, 0.4) is 0 Å². The molecule has 1 N–H and O–H groups in total. The first-order valence-corrected chi connectivity index (χ1v) is 6.46. The van der Waals surface area contributed by atoms with Crippen molar-refractivity contribution >= 4 is 29.4 Å². The monoisotopic (exact) mass is 272 g/mol. The predicted octanol–water partition coefficient (Wildman–Crippen LogP) is 1.16. The Kier molecular flexibility index (Phi) is 4.26. The van der Waals surface area contributed by atoms with Gasteiger partial charge in [0.1, 0.15) is 0 Å². The maximum absolute atomic E-state index is 6.09. The van der Waals surface area contributed by atoms with Crippen LogP contribution in [0, 0.1) is 0 Å². The summed E-state index contributed by atoms with van der Waals surface area (Å²) >= 11 is 12.0. The normalized spacial score (nSPS) is 17.9. The van der Waals surface area contributed by atoms with Gasteiger partial charge in [0.05, 0.1) is 49.5 Å². The highest BCUT2D eigenvalue weighted by atomic mass is 35.5. The van der Waals surface area contributed by atoms with Crippen LogP contribution in [-0.2, 0) is 0 Å². The van der Waals surface area contributed by atoms with Crippen LogP contribution in [0.4, 0.5) is 0 Å². The quantitative estimate of drug-likeness (QED) is 0.802. The average Bonchev–Trinajstić information content (AvgIpc) is 2.33. The van der Waals surface area contributed by atoms with Crippen molar-refractivity contribution in [3.05, 3.63) is 33.8 Å². The van der Waals surface area contributed by atoms with Crippen LogP contribution < -0.4 is 4.90 Å². The number of nitrogens with zero attached hydrogens (tertiary/aromatic N) is 2.